The lowest BCUT2D eigenvalue weighted by atomic mass is 10.0. The Kier molecular flexibility index (Phi) is 5.61. The third kappa shape index (κ3) is 3.89. The van der Waals surface area contributed by atoms with Crippen molar-refractivity contribution in [3.63, 3.8) is 0 Å². The number of nitrogens with one attached hydrogen (secondary N) is 2. The molecule has 0 spiro atoms. The van der Waals surface area contributed by atoms with Crippen LogP contribution in [0.15, 0.2) is 4.79 Å². The van der Waals surface area contributed by atoms with Crippen molar-refractivity contribution in [2.45, 2.75) is 52.5 Å². The number of carboxylic acid groups (broad SMARTS) is 1. The molecule has 8 heteroatoms. The number of aromatic nitrogens is 3. The maximum atomic E-state index is 12.3. The molecule has 0 aliphatic heterocycles. The van der Waals surface area contributed by atoms with Crippen LogP contribution in [0.25, 0.3) is 11.0 Å². The van der Waals surface area contributed by atoms with Crippen LogP contribution < -0.4 is 10.9 Å². The van der Waals surface area contributed by atoms with Gasteiger partial charge in [-0.05, 0) is 31.4 Å². The number of hydrogen-bond acceptors (Lipinski definition) is 4. The smallest absolute Gasteiger partial charge is 0.326 e. The number of H-pyrrole nitrogens is 1. The average Bonchev–Trinajstić information content (AvgIpc) is 2.81. The molecular formula is C17H24N4O4. The number of hydrogen-bond donors (Lipinski definition) is 3. The lowest BCUT2D eigenvalue weighted by Gasteiger charge is -2.15. The normalized spacial score (nSPS) is 12.3. The van der Waals surface area contributed by atoms with Crippen molar-refractivity contribution in [1.29, 1.82) is 0 Å². The number of aliphatic carboxylic acids is 1. The number of carboxylic acids is 1. The molecule has 0 aliphatic rings. The van der Waals surface area contributed by atoms with E-state index in [9.17, 15) is 19.5 Å². The summed E-state index contributed by atoms with van der Waals surface area (Å²) in [5.41, 5.74) is 2.28. The summed E-state index contributed by atoms with van der Waals surface area (Å²) >= 11 is 0. The molecule has 0 unspecified atom stereocenters. The van der Waals surface area contributed by atoms with Gasteiger partial charge in [0.25, 0.3) is 5.56 Å². The first kappa shape index (κ1) is 18.7. The van der Waals surface area contributed by atoms with E-state index in [-0.39, 0.29) is 17.9 Å². The molecule has 1 amide bonds. The van der Waals surface area contributed by atoms with E-state index in [1.54, 1.807) is 25.6 Å². The van der Waals surface area contributed by atoms with E-state index in [4.69, 9.17) is 0 Å². The Hall–Kier alpha value is -2.64. The average molecular weight is 348 g/mol. The number of unbranched alkanes of at least 4 members (excludes halogenated alkanes) is 1. The second-order valence-electron chi connectivity index (χ2n) is 6.28. The number of nitrogens with zero attached hydrogens (tertiary/aromatic N) is 2. The van der Waals surface area contributed by atoms with Crippen LogP contribution in [-0.4, -0.2) is 37.8 Å². The number of aryl methyl sites for hydroxylation is 3. The zero-order valence-corrected chi connectivity index (χ0v) is 15.0. The van der Waals surface area contributed by atoms with Crippen LogP contribution in [0.1, 0.15) is 43.0 Å². The molecule has 3 N–H and O–H groups in total. The van der Waals surface area contributed by atoms with Crippen LogP contribution in [0, 0.1) is 13.8 Å². The third-order valence-electron chi connectivity index (χ3n) is 4.39. The molecule has 2 rings (SSSR count). The van der Waals surface area contributed by atoms with Gasteiger partial charge in [0, 0.05) is 12.7 Å². The quantitative estimate of drug-likeness (QED) is 0.694. The minimum absolute atomic E-state index is 0.00908. The first-order chi connectivity index (χ1) is 11.8. The van der Waals surface area contributed by atoms with Crippen molar-refractivity contribution in [1.82, 2.24) is 20.1 Å². The number of aromatic amines is 1. The summed E-state index contributed by atoms with van der Waals surface area (Å²) in [6, 6.07) is -0.898. The van der Waals surface area contributed by atoms with E-state index in [1.807, 2.05) is 6.92 Å². The molecule has 0 bridgehead atoms. The topological polar surface area (TPSA) is 117 Å². The van der Waals surface area contributed by atoms with Crippen molar-refractivity contribution in [3.05, 3.63) is 27.2 Å². The highest BCUT2D eigenvalue weighted by atomic mass is 16.4. The predicted octanol–water partition coefficient (Wildman–Crippen LogP) is 1.18. The molecule has 2 heterocycles. The Labute approximate surface area is 145 Å². The number of rotatable bonds is 7. The summed E-state index contributed by atoms with van der Waals surface area (Å²) in [6.07, 6.45) is 1.97. The number of carbonyl (C=O) groups excluding carboxylic acids is 1. The molecule has 0 fully saturated rings. The highest BCUT2D eigenvalue weighted by molar-refractivity contribution is 5.87. The second kappa shape index (κ2) is 7.50. The van der Waals surface area contributed by atoms with E-state index in [2.05, 4.69) is 15.4 Å². The van der Waals surface area contributed by atoms with Gasteiger partial charge in [0.1, 0.15) is 6.04 Å². The summed E-state index contributed by atoms with van der Waals surface area (Å²) < 4.78 is 1.55. The largest absolute Gasteiger partial charge is 0.480 e. The Balaban J connectivity index is 2.27. The zero-order chi connectivity index (χ0) is 18.7. The molecule has 0 saturated carbocycles. The molecule has 0 saturated heterocycles. The Morgan fingerprint density at radius 1 is 1.36 bits per heavy atom. The van der Waals surface area contributed by atoms with E-state index < -0.39 is 12.0 Å². The lowest BCUT2D eigenvalue weighted by Crippen LogP contribution is -2.41. The maximum Gasteiger partial charge on any atom is 0.326 e. The molecule has 136 valence electrons. The minimum atomic E-state index is -1.04. The number of pyridine rings is 1. The SMILES string of the molecule is CCCC[C@H](NC(=O)Cc1c(C)nc2c(c1C)c(=O)[nH]n2C)C(=O)O. The van der Waals surface area contributed by atoms with Gasteiger partial charge >= 0.3 is 5.97 Å². The summed E-state index contributed by atoms with van der Waals surface area (Å²) in [5, 5.41) is 14.9. The number of fused-ring (bicyclic) bond motifs is 1. The van der Waals surface area contributed by atoms with Crippen LogP contribution in [-0.2, 0) is 23.1 Å². The number of carbonyl (C=O) groups is 2. The van der Waals surface area contributed by atoms with Gasteiger partial charge in [0.15, 0.2) is 5.65 Å². The first-order valence-electron chi connectivity index (χ1n) is 8.33. The second-order valence-corrected chi connectivity index (χ2v) is 6.28. The fourth-order valence-electron chi connectivity index (χ4n) is 2.98. The summed E-state index contributed by atoms with van der Waals surface area (Å²) in [6.45, 7) is 5.52. The molecule has 1 atom stereocenters. The van der Waals surface area contributed by atoms with Crippen LogP contribution in [0.5, 0.6) is 0 Å². The molecule has 2 aromatic rings. The predicted molar refractivity (Wildman–Crippen MR) is 93.6 cm³/mol. The van der Waals surface area contributed by atoms with Crippen LogP contribution in [0.3, 0.4) is 0 Å². The van der Waals surface area contributed by atoms with E-state index >= 15 is 0 Å². The van der Waals surface area contributed by atoms with Crippen LogP contribution in [0.4, 0.5) is 0 Å². The van der Waals surface area contributed by atoms with Gasteiger partial charge in [-0.25, -0.2) is 9.78 Å². The van der Waals surface area contributed by atoms with Crippen molar-refractivity contribution < 1.29 is 14.7 Å². The van der Waals surface area contributed by atoms with Crippen molar-refractivity contribution >= 4 is 22.9 Å². The fraction of sp³-hybridized carbons (Fsp3) is 0.529. The molecular weight excluding hydrogens is 324 g/mol. The van der Waals surface area contributed by atoms with Crippen LogP contribution >= 0.6 is 0 Å². The first-order valence-corrected chi connectivity index (χ1v) is 8.33. The zero-order valence-electron chi connectivity index (χ0n) is 15.0. The highest BCUT2D eigenvalue weighted by Crippen LogP contribution is 2.20. The number of amides is 1. The third-order valence-corrected chi connectivity index (χ3v) is 4.39. The summed E-state index contributed by atoms with van der Waals surface area (Å²) in [4.78, 5) is 40.1. The van der Waals surface area contributed by atoms with Crippen molar-refractivity contribution in [3.8, 4) is 0 Å². The van der Waals surface area contributed by atoms with Gasteiger partial charge < -0.3 is 10.4 Å². The molecule has 0 aliphatic carbocycles. The minimum Gasteiger partial charge on any atom is -0.480 e. The van der Waals surface area contributed by atoms with E-state index in [0.717, 1.165) is 12.8 Å². The summed E-state index contributed by atoms with van der Waals surface area (Å²) in [7, 11) is 1.70. The monoisotopic (exact) mass is 348 g/mol. The van der Waals surface area contributed by atoms with Gasteiger partial charge in [-0.3, -0.25) is 19.4 Å². The van der Waals surface area contributed by atoms with Gasteiger partial charge in [0.2, 0.25) is 5.91 Å². The standard InChI is InChI=1S/C17H24N4O4/c1-5-6-7-12(17(24)25)19-13(22)8-11-9(2)14-15(18-10(11)3)21(4)20-16(14)23/h12H,5-8H2,1-4H3,(H,19,22)(H,20,23)(H,24,25)/t12-/m0/s1. The maximum absolute atomic E-state index is 12.3. The Bertz CT molecular complexity index is 866. The van der Waals surface area contributed by atoms with Crippen molar-refractivity contribution in [2.24, 2.45) is 7.05 Å². The molecule has 25 heavy (non-hydrogen) atoms. The van der Waals surface area contributed by atoms with Gasteiger partial charge in [-0.15, -0.1) is 0 Å². The molecule has 0 radical (unpaired) electrons. The van der Waals surface area contributed by atoms with Crippen molar-refractivity contribution in [2.75, 3.05) is 0 Å². The van der Waals surface area contributed by atoms with Gasteiger partial charge in [-0.1, -0.05) is 19.8 Å². The van der Waals surface area contributed by atoms with E-state index in [0.29, 0.717) is 34.3 Å². The fourth-order valence-corrected chi connectivity index (χ4v) is 2.98. The molecule has 8 nitrogen and oxygen atoms in total. The molecule has 0 aromatic carbocycles. The Morgan fingerprint density at radius 2 is 2.04 bits per heavy atom. The highest BCUT2D eigenvalue weighted by Gasteiger charge is 2.22. The van der Waals surface area contributed by atoms with E-state index in [1.165, 1.54) is 0 Å². The lowest BCUT2D eigenvalue weighted by molar-refractivity contribution is -0.142. The summed E-state index contributed by atoms with van der Waals surface area (Å²) in [5.74, 6) is -1.42. The molecule has 2 aromatic heterocycles. The van der Waals surface area contributed by atoms with Crippen LogP contribution in [0.2, 0.25) is 0 Å². The Morgan fingerprint density at radius 3 is 2.64 bits per heavy atom. The van der Waals surface area contributed by atoms with Gasteiger partial charge in [0.05, 0.1) is 11.8 Å². The van der Waals surface area contributed by atoms with Gasteiger partial charge in [-0.2, -0.15) is 0 Å².